The molecule has 0 fully saturated rings. The fourth-order valence-electron chi connectivity index (χ4n) is 1.34. The van der Waals surface area contributed by atoms with Crippen LogP contribution in [0.3, 0.4) is 0 Å². The first kappa shape index (κ1) is 14.4. The van der Waals surface area contributed by atoms with Crippen molar-refractivity contribution in [1.29, 1.82) is 0 Å². The molecule has 1 aromatic heterocycles. The zero-order valence-corrected chi connectivity index (χ0v) is 10.8. The highest BCUT2D eigenvalue weighted by molar-refractivity contribution is 7.89. The van der Waals surface area contributed by atoms with Crippen molar-refractivity contribution >= 4 is 16.0 Å². The molecule has 1 aromatic rings. The molecule has 0 saturated carbocycles. The van der Waals surface area contributed by atoms with Crippen LogP contribution in [0.5, 0.6) is 0 Å². The number of carboxylic acids is 1. The van der Waals surface area contributed by atoms with E-state index in [9.17, 15) is 13.2 Å². The topological polar surface area (TPSA) is 103 Å². The molecule has 0 aliphatic carbocycles. The summed E-state index contributed by atoms with van der Waals surface area (Å²) in [6.45, 7) is 4.55. The number of imidazole rings is 1. The Morgan fingerprint density at radius 3 is 2.78 bits per heavy atom. The number of sulfonamides is 1. The van der Waals surface area contributed by atoms with Crippen LogP contribution in [0.2, 0.25) is 0 Å². The summed E-state index contributed by atoms with van der Waals surface area (Å²) in [4.78, 5) is 17.2. The number of aliphatic carboxylic acids is 1. The molecular weight excluding hydrogens is 258 g/mol. The van der Waals surface area contributed by atoms with E-state index in [1.54, 1.807) is 0 Å². The van der Waals surface area contributed by atoms with Crippen molar-refractivity contribution in [1.82, 2.24) is 14.3 Å². The van der Waals surface area contributed by atoms with E-state index in [-0.39, 0.29) is 11.6 Å². The van der Waals surface area contributed by atoms with Crippen LogP contribution in [-0.4, -0.2) is 46.9 Å². The molecular formula is C10H15N3O4S. The number of aromatic amines is 1. The highest BCUT2D eigenvalue weighted by atomic mass is 32.2. The van der Waals surface area contributed by atoms with Gasteiger partial charge in [-0.05, 0) is 0 Å². The highest BCUT2D eigenvalue weighted by Crippen LogP contribution is 2.13. The van der Waals surface area contributed by atoms with E-state index in [0.29, 0.717) is 12.2 Å². The molecule has 0 unspecified atom stereocenters. The Morgan fingerprint density at radius 1 is 1.67 bits per heavy atom. The van der Waals surface area contributed by atoms with Gasteiger partial charge in [-0.25, -0.2) is 13.4 Å². The average Bonchev–Trinajstić information content (AvgIpc) is 2.77. The predicted molar refractivity (Wildman–Crippen MR) is 64.6 cm³/mol. The zero-order valence-electron chi connectivity index (χ0n) is 9.96. The summed E-state index contributed by atoms with van der Waals surface area (Å²) in [6.07, 6.45) is 3.08. The van der Waals surface area contributed by atoms with Gasteiger partial charge in [0.2, 0.25) is 0 Å². The molecule has 7 nitrogen and oxygen atoms in total. The second-order valence-corrected chi connectivity index (χ2v) is 5.43. The predicted octanol–water partition coefficient (Wildman–Crippen LogP) is 0.233. The van der Waals surface area contributed by atoms with Crippen molar-refractivity contribution in [2.75, 3.05) is 13.1 Å². The van der Waals surface area contributed by atoms with Crippen LogP contribution in [0.4, 0.5) is 0 Å². The highest BCUT2D eigenvalue weighted by Gasteiger charge is 2.27. The number of hydrogen-bond acceptors (Lipinski definition) is 4. The SMILES string of the molecule is C=CCN(CC(=O)O)S(=O)(=O)c1cnc(CC)[nH]1. The first-order valence-corrected chi connectivity index (χ1v) is 6.72. The van der Waals surface area contributed by atoms with Gasteiger partial charge in [-0.3, -0.25) is 4.79 Å². The largest absolute Gasteiger partial charge is 0.480 e. The van der Waals surface area contributed by atoms with Crippen LogP contribution in [0.25, 0.3) is 0 Å². The molecule has 0 aliphatic rings. The maximum absolute atomic E-state index is 12.1. The van der Waals surface area contributed by atoms with Gasteiger partial charge in [-0.15, -0.1) is 6.58 Å². The number of rotatable bonds is 7. The van der Waals surface area contributed by atoms with Crippen LogP contribution in [0, 0.1) is 0 Å². The molecule has 0 spiro atoms. The minimum atomic E-state index is -3.88. The van der Waals surface area contributed by atoms with Crippen molar-refractivity contribution < 1.29 is 18.3 Å². The lowest BCUT2D eigenvalue weighted by Gasteiger charge is -2.17. The van der Waals surface area contributed by atoms with Gasteiger partial charge in [0.05, 0.1) is 6.20 Å². The zero-order chi connectivity index (χ0) is 13.8. The third-order valence-corrected chi connectivity index (χ3v) is 3.92. The van der Waals surface area contributed by atoms with Crippen molar-refractivity contribution in [3.8, 4) is 0 Å². The summed E-state index contributed by atoms with van der Waals surface area (Å²) in [7, 11) is -3.88. The fourth-order valence-corrected chi connectivity index (χ4v) is 2.63. The van der Waals surface area contributed by atoms with E-state index in [0.717, 1.165) is 4.31 Å². The molecule has 1 rings (SSSR count). The lowest BCUT2D eigenvalue weighted by atomic mass is 10.5. The van der Waals surface area contributed by atoms with Crippen molar-refractivity contribution in [2.24, 2.45) is 0 Å². The van der Waals surface area contributed by atoms with Gasteiger partial charge in [0.15, 0.2) is 5.03 Å². The lowest BCUT2D eigenvalue weighted by Crippen LogP contribution is -2.36. The number of nitrogens with zero attached hydrogens (tertiary/aromatic N) is 2. The number of aryl methyl sites for hydroxylation is 1. The smallest absolute Gasteiger partial charge is 0.318 e. The summed E-state index contributed by atoms with van der Waals surface area (Å²) in [5, 5.41) is 8.60. The Morgan fingerprint density at radius 2 is 2.33 bits per heavy atom. The van der Waals surface area contributed by atoms with Crippen LogP contribution >= 0.6 is 0 Å². The Labute approximate surface area is 105 Å². The molecule has 0 atom stereocenters. The third-order valence-electron chi connectivity index (χ3n) is 2.20. The van der Waals surface area contributed by atoms with E-state index in [1.807, 2.05) is 6.92 Å². The van der Waals surface area contributed by atoms with Gasteiger partial charge in [0, 0.05) is 13.0 Å². The minimum Gasteiger partial charge on any atom is -0.480 e. The molecule has 1 heterocycles. The van der Waals surface area contributed by atoms with E-state index in [2.05, 4.69) is 16.5 Å². The van der Waals surface area contributed by atoms with Crippen LogP contribution in [-0.2, 0) is 21.2 Å². The molecule has 2 N–H and O–H groups in total. The van der Waals surface area contributed by atoms with Crippen molar-refractivity contribution in [3.63, 3.8) is 0 Å². The Kier molecular flexibility index (Phi) is 4.62. The van der Waals surface area contributed by atoms with E-state index in [4.69, 9.17) is 5.11 Å². The minimum absolute atomic E-state index is 0.0743. The van der Waals surface area contributed by atoms with Crippen molar-refractivity contribution in [3.05, 3.63) is 24.7 Å². The summed E-state index contributed by atoms with van der Waals surface area (Å²) < 4.78 is 25.1. The van der Waals surface area contributed by atoms with Gasteiger partial charge < -0.3 is 10.1 Å². The summed E-state index contributed by atoms with van der Waals surface area (Å²) in [6, 6.07) is 0. The molecule has 0 aromatic carbocycles. The van der Waals surface area contributed by atoms with Gasteiger partial charge in [0.1, 0.15) is 12.4 Å². The molecule has 100 valence electrons. The van der Waals surface area contributed by atoms with Crippen LogP contribution < -0.4 is 0 Å². The second kappa shape index (κ2) is 5.78. The lowest BCUT2D eigenvalue weighted by molar-refractivity contribution is -0.137. The van der Waals surface area contributed by atoms with Gasteiger partial charge >= 0.3 is 5.97 Å². The average molecular weight is 273 g/mol. The molecule has 8 heteroatoms. The van der Waals surface area contributed by atoms with E-state index in [1.165, 1.54) is 12.3 Å². The number of carbonyl (C=O) groups is 1. The third kappa shape index (κ3) is 3.17. The Bertz CT molecular complexity index is 535. The molecule has 0 bridgehead atoms. The van der Waals surface area contributed by atoms with Crippen molar-refractivity contribution in [2.45, 2.75) is 18.4 Å². The maximum Gasteiger partial charge on any atom is 0.318 e. The molecule has 0 aliphatic heterocycles. The van der Waals surface area contributed by atoms with Gasteiger partial charge in [-0.2, -0.15) is 4.31 Å². The Balaban J connectivity index is 3.07. The number of carboxylic acid groups (broad SMARTS) is 1. The van der Waals surface area contributed by atoms with E-state index >= 15 is 0 Å². The number of aromatic nitrogens is 2. The monoisotopic (exact) mass is 273 g/mol. The van der Waals surface area contributed by atoms with Gasteiger partial charge in [0.25, 0.3) is 10.0 Å². The molecule has 0 saturated heterocycles. The second-order valence-electron chi connectivity index (χ2n) is 3.53. The normalized spacial score (nSPS) is 11.7. The first-order chi connectivity index (χ1) is 8.41. The van der Waals surface area contributed by atoms with E-state index < -0.39 is 22.5 Å². The number of nitrogens with one attached hydrogen (secondary N) is 1. The molecule has 0 amide bonds. The first-order valence-electron chi connectivity index (χ1n) is 5.28. The van der Waals surface area contributed by atoms with Gasteiger partial charge in [-0.1, -0.05) is 13.0 Å². The molecule has 18 heavy (non-hydrogen) atoms. The molecule has 0 radical (unpaired) electrons. The quantitative estimate of drug-likeness (QED) is 0.692. The summed E-state index contributed by atoms with van der Waals surface area (Å²) >= 11 is 0. The number of hydrogen-bond donors (Lipinski definition) is 2. The summed E-state index contributed by atoms with van der Waals surface area (Å²) in [5.41, 5.74) is 0. The standard InChI is InChI=1S/C10H15N3O4S/c1-3-5-13(7-10(14)15)18(16,17)9-6-11-8(4-2)12-9/h3,6H,1,4-5,7H2,2H3,(H,11,12)(H,14,15). The fraction of sp³-hybridized carbons (Fsp3) is 0.400. The van der Waals surface area contributed by atoms with Crippen LogP contribution in [0.15, 0.2) is 23.9 Å². The summed E-state index contributed by atoms with van der Waals surface area (Å²) in [5.74, 6) is -0.696. The van der Waals surface area contributed by atoms with Crippen LogP contribution in [0.1, 0.15) is 12.7 Å². The maximum atomic E-state index is 12.1. The number of H-pyrrole nitrogens is 1. The Hall–Kier alpha value is -1.67.